The minimum absolute atomic E-state index is 1.12. The van der Waals surface area contributed by atoms with E-state index in [1.807, 2.05) is 12.1 Å². The highest BCUT2D eigenvalue weighted by Gasteiger charge is 1.98. The van der Waals surface area contributed by atoms with Gasteiger partial charge in [0.05, 0.1) is 0 Å². The van der Waals surface area contributed by atoms with Crippen molar-refractivity contribution in [2.45, 2.75) is 0 Å². The first-order valence-electron chi connectivity index (χ1n) is 6.72. The van der Waals surface area contributed by atoms with E-state index in [2.05, 4.69) is 70.7 Å². The third-order valence-corrected chi connectivity index (χ3v) is 3.54. The predicted octanol–water partition coefficient (Wildman–Crippen LogP) is 4.82. The molecule has 4 aromatic rings. The van der Waals surface area contributed by atoms with Crippen LogP contribution < -0.4 is 0 Å². The van der Waals surface area contributed by atoms with Gasteiger partial charge in [-0.1, -0.05) is 36.4 Å². The Morgan fingerprint density at radius 3 is 1.50 bits per heavy atom. The molecule has 0 radical (unpaired) electrons. The zero-order valence-corrected chi connectivity index (χ0v) is 10.9. The molecule has 2 aromatic heterocycles. The number of aromatic amines is 2. The Kier molecular flexibility index (Phi) is 2.46. The number of hydrogen-bond acceptors (Lipinski definition) is 0. The van der Waals surface area contributed by atoms with E-state index in [1.54, 1.807) is 0 Å². The van der Waals surface area contributed by atoms with Gasteiger partial charge in [0.15, 0.2) is 0 Å². The average Bonchev–Trinajstić information content (AvgIpc) is 3.07. The molecule has 2 heteroatoms. The Morgan fingerprint density at radius 1 is 0.600 bits per heavy atom. The van der Waals surface area contributed by atoms with Crippen molar-refractivity contribution in [3.05, 3.63) is 72.1 Å². The van der Waals surface area contributed by atoms with E-state index in [0.29, 0.717) is 0 Å². The third kappa shape index (κ3) is 1.91. The summed E-state index contributed by atoms with van der Waals surface area (Å²) >= 11 is 0. The summed E-state index contributed by atoms with van der Waals surface area (Å²) < 4.78 is 0. The number of H-pyrrole nitrogens is 2. The first kappa shape index (κ1) is 11.1. The number of nitrogens with one attached hydrogen (secondary N) is 2. The summed E-state index contributed by atoms with van der Waals surface area (Å²) in [5.41, 5.74) is 4.57. The van der Waals surface area contributed by atoms with Gasteiger partial charge in [-0.15, -0.1) is 0 Å². The van der Waals surface area contributed by atoms with Crippen molar-refractivity contribution >= 4 is 34.0 Å². The second kappa shape index (κ2) is 4.42. The SMILES string of the molecule is C(=C\c1cc2ccccc2[nH]1)/c1cc2ccccc2[nH]1. The van der Waals surface area contributed by atoms with Crippen molar-refractivity contribution < 1.29 is 0 Å². The summed E-state index contributed by atoms with van der Waals surface area (Å²) in [5.74, 6) is 0. The molecule has 0 spiro atoms. The van der Waals surface area contributed by atoms with Crippen LogP contribution in [0.1, 0.15) is 11.4 Å². The van der Waals surface area contributed by atoms with E-state index in [4.69, 9.17) is 0 Å². The number of para-hydroxylation sites is 2. The molecule has 0 aliphatic carbocycles. The van der Waals surface area contributed by atoms with Crippen LogP contribution in [0.15, 0.2) is 60.7 Å². The Bertz CT molecular complexity index is 767. The molecule has 0 fully saturated rings. The molecular weight excluding hydrogens is 244 g/mol. The van der Waals surface area contributed by atoms with Crippen molar-refractivity contribution in [2.75, 3.05) is 0 Å². The lowest BCUT2D eigenvalue weighted by molar-refractivity contribution is 1.42. The highest BCUT2D eigenvalue weighted by Crippen LogP contribution is 2.18. The van der Waals surface area contributed by atoms with Crippen LogP contribution in [0.25, 0.3) is 34.0 Å². The molecule has 0 aliphatic rings. The normalized spacial score (nSPS) is 11.8. The van der Waals surface area contributed by atoms with Gasteiger partial charge in [-0.05, 0) is 47.2 Å². The second-order valence-electron chi connectivity index (χ2n) is 4.96. The zero-order chi connectivity index (χ0) is 13.4. The molecule has 4 rings (SSSR count). The van der Waals surface area contributed by atoms with Crippen molar-refractivity contribution in [1.29, 1.82) is 0 Å². The molecule has 20 heavy (non-hydrogen) atoms. The molecule has 96 valence electrons. The summed E-state index contributed by atoms with van der Waals surface area (Å²) in [6.45, 7) is 0. The van der Waals surface area contributed by atoms with Gasteiger partial charge < -0.3 is 9.97 Å². The molecule has 0 unspecified atom stereocenters. The van der Waals surface area contributed by atoms with Crippen LogP contribution in [0.5, 0.6) is 0 Å². The molecule has 2 N–H and O–H groups in total. The quantitative estimate of drug-likeness (QED) is 0.516. The lowest BCUT2D eigenvalue weighted by atomic mass is 10.2. The van der Waals surface area contributed by atoms with E-state index in [9.17, 15) is 0 Å². The number of fused-ring (bicyclic) bond motifs is 2. The predicted molar refractivity (Wildman–Crippen MR) is 85.5 cm³/mol. The van der Waals surface area contributed by atoms with Crippen LogP contribution in [-0.2, 0) is 0 Å². The van der Waals surface area contributed by atoms with Crippen LogP contribution in [0.3, 0.4) is 0 Å². The summed E-state index contributed by atoms with van der Waals surface area (Å²) in [7, 11) is 0. The first-order valence-corrected chi connectivity index (χ1v) is 6.72. The number of hydrogen-bond donors (Lipinski definition) is 2. The minimum Gasteiger partial charge on any atom is -0.355 e. The first-order chi connectivity index (χ1) is 9.88. The minimum atomic E-state index is 1.12. The largest absolute Gasteiger partial charge is 0.355 e. The highest BCUT2D eigenvalue weighted by atomic mass is 14.7. The number of benzene rings is 2. The Balaban J connectivity index is 1.70. The molecule has 0 saturated carbocycles. The molecule has 2 heterocycles. The van der Waals surface area contributed by atoms with Crippen LogP contribution in [0.2, 0.25) is 0 Å². The van der Waals surface area contributed by atoms with Gasteiger partial charge in [0, 0.05) is 22.4 Å². The lowest BCUT2D eigenvalue weighted by Gasteiger charge is -1.87. The fourth-order valence-corrected chi connectivity index (χ4v) is 2.55. The fraction of sp³-hybridized carbons (Fsp3) is 0. The van der Waals surface area contributed by atoms with Crippen LogP contribution in [0, 0.1) is 0 Å². The molecule has 0 bridgehead atoms. The fourth-order valence-electron chi connectivity index (χ4n) is 2.55. The van der Waals surface area contributed by atoms with Gasteiger partial charge in [-0.2, -0.15) is 0 Å². The summed E-state index contributed by atoms with van der Waals surface area (Å²) in [5, 5.41) is 2.48. The topological polar surface area (TPSA) is 31.6 Å². The van der Waals surface area contributed by atoms with E-state index in [-0.39, 0.29) is 0 Å². The smallest absolute Gasteiger partial charge is 0.0458 e. The third-order valence-electron chi connectivity index (χ3n) is 3.54. The van der Waals surface area contributed by atoms with E-state index < -0.39 is 0 Å². The van der Waals surface area contributed by atoms with E-state index in [1.165, 1.54) is 21.8 Å². The van der Waals surface area contributed by atoms with E-state index in [0.717, 1.165) is 11.4 Å². The van der Waals surface area contributed by atoms with Crippen LogP contribution >= 0.6 is 0 Å². The molecule has 0 aliphatic heterocycles. The highest BCUT2D eigenvalue weighted by molar-refractivity contribution is 5.86. The molecular formula is C18H14N2. The summed E-state index contributed by atoms with van der Waals surface area (Å²) in [4.78, 5) is 6.80. The maximum Gasteiger partial charge on any atom is 0.0458 e. The average molecular weight is 258 g/mol. The van der Waals surface area contributed by atoms with Gasteiger partial charge >= 0.3 is 0 Å². The van der Waals surface area contributed by atoms with Crippen molar-refractivity contribution in [1.82, 2.24) is 9.97 Å². The number of aromatic nitrogens is 2. The van der Waals surface area contributed by atoms with Gasteiger partial charge in [-0.25, -0.2) is 0 Å². The lowest BCUT2D eigenvalue weighted by Crippen LogP contribution is -1.71. The molecule has 0 atom stereocenters. The Hall–Kier alpha value is -2.74. The standard InChI is InChI=1S/C18H14N2/c1-3-7-17-13(5-1)11-15(19-17)9-10-16-12-14-6-2-4-8-18(14)20-16/h1-12,19-20H/b10-9+. The molecule has 0 saturated heterocycles. The monoisotopic (exact) mass is 258 g/mol. The summed E-state index contributed by atoms with van der Waals surface area (Å²) in [6.07, 6.45) is 4.20. The van der Waals surface area contributed by atoms with Gasteiger partial charge in [0.1, 0.15) is 0 Å². The Labute approximate surface area is 116 Å². The molecule has 0 amide bonds. The molecule has 2 nitrogen and oxygen atoms in total. The van der Waals surface area contributed by atoms with Gasteiger partial charge in [0.2, 0.25) is 0 Å². The van der Waals surface area contributed by atoms with E-state index >= 15 is 0 Å². The maximum atomic E-state index is 3.40. The van der Waals surface area contributed by atoms with Crippen molar-refractivity contribution in [3.8, 4) is 0 Å². The zero-order valence-electron chi connectivity index (χ0n) is 10.9. The summed E-state index contributed by atoms with van der Waals surface area (Å²) in [6, 6.07) is 20.9. The number of rotatable bonds is 2. The van der Waals surface area contributed by atoms with Gasteiger partial charge in [0.25, 0.3) is 0 Å². The van der Waals surface area contributed by atoms with Crippen molar-refractivity contribution in [3.63, 3.8) is 0 Å². The van der Waals surface area contributed by atoms with Crippen LogP contribution in [-0.4, -0.2) is 9.97 Å². The maximum absolute atomic E-state index is 3.40. The van der Waals surface area contributed by atoms with Crippen LogP contribution in [0.4, 0.5) is 0 Å². The van der Waals surface area contributed by atoms with Crippen molar-refractivity contribution in [2.24, 2.45) is 0 Å². The second-order valence-corrected chi connectivity index (χ2v) is 4.96. The molecule has 2 aromatic carbocycles. The van der Waals surface area contributed by atoms with Gasteiger partial charge in [-0.3, -0.25) is 0 Å². The Morgan fingerprint density at radius 2 is 1.05 bits per heavy atom.